The van der Waals surface area contributed by atoms with E-state index in [0.717, 1.165) is 37.5 Å². The largest absolute Gasteiger partial charge is 0.382 e. The van der Waals surface area contributed by atoms with Crippen LogP contribution in [0.1, 0.15) is 25.7 Å². The monoisotopic (exact) mass is 256 g/mol. The number of nitrogens with one attached hydrogen (secondary N) is 2. The van der Waals surface area contributed by atoms with Gasteiger partial charge in [-0.05, 0) is 37.5 Å². The van der Waals surface area contributed by atoms with Crippen LogP contribution in [-0.2, 0) is 9.47 Å². The first-order chi connectivity index (χ1) is 8.85. The molecule has 0 aliphatic heterocycles. The van der Waals surface area contributed by atoms with Crippen molar-refractivity contribution >= 4 is 0 Å². The molecule has 2 aliphatic carbocycles. The SMILES string of the molecule is COCC(CNCCNC(C1CC1)C1CC1)OC. The minimum atomic E-state index is 0.165. The molecule has 2 aliphatic rings. The van der Waals surface area contributed by atoms with Crippen molar-refractivity contribution in [2.24, 2.45) is 11.8 Å². The highest BCUT2D eigenvalue weighted by atomic mass is 16.5. The third-order valence-electron chi connectivity index (χ3n) is 4.00. The maximum atomic E-state index is 5.31. The molecule has 2 fully saturated rings. The van der Waals surface area contributed by atoms with E-state index in [-0.39, 0.29) is 6.10 Å². The minimum Gasteiger partial charge on any atom is -0.382 e. The predicted molar refractivity (Wildman–Crippen MR) is 72.8 cm³/mol. The standard InChI is InChI=1S/C14H28N2O2/c1-17-10-13(18-2)9-15-7-8-16-14(11-3-4-11)12-5-6-12/h11-16H,3-10H2,1-2H3. The van der Waals surface area contributed by atoms with Gasteiger partial charge in [0, 0.05) is 39.9 Å². The van der Waals surface area contributed by atoms with Gasteiger partial charge in [0.15, 0.2) is 0 Å². The molecule has 0 aromatic heterocycles. The number of ether oxygens (including phenoxy) is 2. The van der Waals surface area contributed by atoms with Crippen molar-refractivity contribution in [3.8, 4) is 0 Å². The summed E-state index contributed by atoms with van der Waals surface area (Å²) in [5.41, 5.74) is 0. The van der Waals surface area contributed by atoms with Gasteiger partial charge in [0.2, 0.25) is 0 Å². The first-order valence-corrected chi connectivity index (χ1v) is 7.31. The fraction of sp³-hybridized carbons (Fsp3) is 1.00. The molecule has 0 saturated heterocycles. The van der Waals surface area contributed by atoms with Crippen LogP contribution in [0.15, 0.2) is 0 Å². The van der Waals surface area contributed by atoms with Gasteiger partial charge in [-0.2, -0.15) is 0 Å². The average Bonchev–Trinajstić information content (AvgIpc) is 3.25. The Labute approximate surface area is 111 Å². The second-order valence-electron chi connectivity index (χ2n) is 5.67. The van der Waals surface area contributed by atoms with Crippen molar-refractivity contribution in [1.82, 2.24) is 10.6 Å². The predicted octanol–water partition coefficient (Wildman–Crippen LogP) is 1.02. The fourth-order valence-corrected chi connectivity index (χ4v) is 2.62. The van der Waals surface area contributed by atoms with Crippen molar-refractivity contribution in [3.05, 3.63) is 0 Å². The minimum absolute atomic E-state index is 0.165. The maximum Gasteiger partial charge on any atom is 0.0928 e. The zero-order chi connectivity index (χ0) is 12.8. The Bertz CT molecular complexity index is 218. The second-order valence-corrected chi connectivity index (χ2v) is 5.67. The third-order valence-corrected chi connectivity index (χ3v) is 4.00. The first-order valence-electron chi connectivity index (χ1n) is 7.31. The molecule has 0 amide bonds. The van der Waals surface area contributed by atoms with Gasteiger partial charge in [0.05, 0.1) is 12.7 Å². The van der Waals surface area contributed by atoms with Gasteiger partial charge < -0.3 is 20.1 Å². The van der Waals surface area contributed by atoms with E-state index in [4.69, 9.17) is 9.47 Å². The van der Waals surface area contributed by atoms with Gasteiger partial charge in [0.25, 0.3) is 0 Å². The van der Waals surface area contributed by atoms with Crippen LogP contribution < -0.4 is 10.6 Å². The van der Waals surface area contributed by atoms with Gasteiger partial charge in [-0.15, -0.1) is 0 Å². The summed E-state index contributed by atoms with van der Waals surface area (Å²) in [5.74, 6) is 1.97. The van der Waals surface area contributed by atoms with Crippen molar-refractivity contribution < 1.29 is 9.47 Å². The van der Waals surface area contributed by atoms with Crippen LogP contribution >= 0.6 is 0 Å². The Kier molecular flexibility index (Phi) is 5.89. The molecular formula is C14H28N2O2. The van der Waals surface area contributed by atoms with Crippen LogP contribution in [-0.4, -0.2) is 52.6 Å². The smallest absolute Gasteiger partial charge is 0.0928 e. The van der Waals surface area contributed by atoms with E-state index in [0.29, 0.717) is 6.61 Å². The molecule has 1 unspecified atom stereocenters. The Morgan fingerprint density at radius 1 is 1.06 bits per heavy atom. The van der Waals surface area contributed by atoms with E-state index in [1.807, 2.05) is 0 Å². The fourth-order valence-electron chi connectivity index (χ4n) is 2.62. The molecule has 0 heterocycles. The molecule has 2 N–H and O–H groups in total. The number of hydrogen-bond acceptors (Lipinski definition) is 4. The quantitative estimate of drug-likeness (QED) is 0.542. The van der Waals surface area contributed by atoms with Crippen LogP contribution in [0.2, 0.25) is 0 Å². The zero-order valence-corrected chi connectivity index (χ0v) is 11.8. The molecule has 106 valence electrons. The van der Waals surface area contributed by atoms with Crippen LogP contribution in [0.4, 0.5) is 0 Å². The van der Waals surface area contributed by atoms with E-state index in [9.17, 15) is 0 Å². The molecule has 0 aromatic rings. The van der Waals surface area contributed by atoms with Crippen LogP contribution in [0.5, 0.6) is 0 Å². The summed E-state index contributed by atoms with van der Waals surface area (Å²) < 4.78 is 10.4. The lowest BCUT2D eigenvalue weighted by Gasteiger charge is -2.19. The number of hydrogen-bond donors (Lipinski definition) is 2. The van der Waals surface area contributed by atoms with Crippen molar-refractivity contribution in [2.75, 3.05) is 40.5 Å². The molecule has 4 nitrogen and oxygen atoms in total. The number of methoxy groups -OCH3 is 2. The highest BCUT2D eigenvalue weighted by molar-refractivity contribution is 4.96. The van der Waals surface area contributed by atoms with Crippen molar-refractivity contribution in [1.29, 1.82) is 0 Å². The molecule has 1 atom stereocenters. The summed E-state index contributed by atoms with van der Waals surface area (Å²) in [4.78, 5) is 0. The summed E-state index contributed by atoms with van der Waals surface area (Å²) >= 11 is 0. The van der Waals surface area contributed by atoms with Gasteiger partial charge in [-0.3, -0.25) is 0 Å². The molecule has 0 radical (unpaired) electrons. The molecule has 0 aromatic carbocycles. The van der Waals surface area contributed by atoms with Crippen LogP contribution in [0.3, 0.4) is 0 Å². The maximum absolute atomic E-state index is 5.31. The molecule has 0 bridgehead atoms. The molecule has 4 heteroatoms. The highest BCUT2D eigenvalue weighted by Crippen LogP contribution is 2.44. The molecular weight excluding hydrogens is 228 g/mol. The molecule has 2 saturated carbocycles. The Balaban J connectivity index is 1.49. The topological polar surface area (TPSA) is 42.5 Å². The lowest BCUT2D eigenvalue weighted by atomic mass is 10.1. The molecule has 2 rings (SSSR count). The summed E-state index contributed by atoms with van der Waals surface area (Å²) in [6.45, 7) is 3.61. The Hall–Kier alpha value is -0.160. The van der Waals surface area contributed by atoms with Crippen LogP contribution in [0.25, 0.3) is 0 Å². The Morgan fingerprint density at radius 3 is 2.22 bits per heavy atom. The summed E-state index contributed by atoms with van der Waals surface area (Å²) in [5, 5.41) is 7.16. The summed E-state index contributed by atoms with van der Waals surface area (Å²) in [6.07, 6.45) is 5.95. The lowest BCUT2D eigenvalue weighted by molar-refractivity contribution is 0.0291. The highest BCUT2D eigenvalue weighted by Gasteiger charge is 2.40. The van der Waals surface area contributed by atoms with E-state index in [1.54, 1.807) is 14.2 Å². The summed E-state index contributed by atoms with van der Waals surface area (Å²) in [7, 11) is 3.45. The van der Waals surface area contributed by atoms with E-state index < -0.39 is 0 Å². The molecule has 18 heavy (non-hydrogen) atoms. The van der Waals surface area contributed by atoms with Crippen molar-refractivity contribution in [3.63, 3.8) is 0 Å². The van der Waals surface area contributed by atoms with Gasteiger partial charge in [0.1, 0.15) is 0 Å². The molecule has 0 spiro atoms. The van der Waals surface area contributed by atoms with Gasteiger partial charge >= 0.3 is 0 Å². The Morgan fingerprint density at radius 2 is 1.72 bits per heavy atom. The van der Waals surface area contributed by atoms with Crippen molar-refractivity contribution in [2.45, 2.75) is 37.8 Å². The van der Waals surface area contributed by atoms with Gasteiger partial charge in [-0.1, -0.05) is 0 Å². The van der Waals surface area contributed by atoms with E-state index in [2.05, 4.69) is 10.6 Å². The van der Waals surface area contributed by atoms with E-state index in [1.165, 1.54) is 25.7 Å². The second kappa shape index (κ2) is 7.43. The lowest BCUT2D eigenvalue weighted by Crippen LogP contribution is -2.40. The number of rotatable bonds is 11. The summed E-state index contributed by atoms with van der Waals surface area (Å²) in [6, 6.07) is 0.809. The third kappa shape index (κ3) is 4.84. The normalized spacial score (nSPS) is 21.5. The first kappa shape index (κ1) is 14.3. The van der Waals surface area contributed by atoms with Gasteiger partial charge in [-0.25, -0.2) is 0 Å². The van der Waals surface area contributed by atoms with Crippen LogP contribution in [0, 0.1) is 11.8 Å². The van der Waals surface area contributed by atoms with E-state index >= 15 is 0 Å². The average molecular weight is 256 g/mol. The zero-order valence-electron chi connectivity index (χ0n) is 11.8.